The second-order valence-electron chi connectivity index (χ2n) is 5.06. The molecule has 6 nitrogen and oxygen atoms in total. The molecule has 0 aliphatic heterocycles. The second kappa shape index (κ2) is 7.76. The number of ether oxygens (including phenoxy) is 2. The maximum Gasteiger partial charge on any atom is 0.246 e. The molecular weight excluding hydrogens is 410 g/mol. The van der Waals surface area contributed by atoms with Gasteiger partial charge in [0.25, 0.3) is 0 Å². The van der Waals surface area contributed by atoms with E-state index in [9.17, 15) is 0 Å². The van der Waals surface area contributed by atoms with Gasteiger partial charge >= 0.3 is 0 Å². The lowest BCUT2D eigenvalue weighted by molar-refractivity contribution is 0.382. The minimum Gasteiger partial charge on any atom is -0.497 e. The fourth-order valence-corrected chi connectivity index (χ4v) is 2.96. The SMILES string of the molecule is COc1ccc(-c2noc(CNc3ccc(Br)cc3Cl)n2)c(OC)c1. The first-order chi connectivity index (χ1) is 12.1. The summed E-state index contributed by atoms with van der Waals surface area (Å²) < 4.78 is 16.8. The van der Waals surface area contributed by atoms with E-state index in [4.69, 9.17) is 25.6 Å². The maximum atomic E-state index is 6.18. The van der Waals surface area contributed by atoms with Crippen LogP contribution >= 0.6 is 27.5 Å². The van der Waals surface area contributed by atoms with Crippen molar-refractivity contribution in [2.24, 2.45) is 0 Å². The smallest absolute Gasteiger partial charge is 0.246 e. The van der Waals surface area contributed by atoms with Crippen molar-refractivity contribution in [3.8, 4) is 22.9 Å². The summed E-state index contributed by atoms with van der Waals surface area (Å²) in [5.41, 5.74) is 1.51. The zero-order valence-corrected chi connectivity index (χ0v) is 15.9. The number of nitrogens with one attached hydrogen (secondary N) is 1. The predicted molar refractivity (Wildman–Crippen MR) is 99.3 cm³/mol. The highest BCUT2D eigenvalue weighted by atomic mass is 79.9. The van der Waals surface area contributed by atoms with Gasteiger partial charge in [0, 0.05) is 10.5 Å². The molecular formula is C17H15BrClN3O3. The molecule has 0 saturated heterocycles. The van der Waals surface area contributed by atoms with Crippen molar-refractivity contribution >= 4 is 33.2 Å². The number of halogens is 2. The van der Waals surface area contributed by atoms with Gasteiger partial charge in [-0.15, -0.1) is 0 Å². The fraction of sp³-hybridized carbons (Fsp3) is 0.176. The molecule has 130 valence electrons. The molecule has 3 aromatic rings. The van der Waals surface area contributed by atoms with Gasteiger partial charge in [0.15, 0.2) is 0 Å². The van der Waals surface area contributed by atoms with Crippen molar-refractivity contribution in [1.29, 1.82) is 0 Å². The topological polar surface area (TPSA) is 69.4 Å². The second-order valence-corrected chi connectivity index (χ2v) is 6.38. The van der Waals surface area contributed by atoms with Gasteiger partial charge < -0.3 is 19.3 Å². The molecule has 8 heteroatoms. The predicted octanol–water partition coefficient (Wildman–Crippen LogP) is 4.78. The molecule has 0 aliphatic rings. The molecule has 0 fully saturated rings. The summed E-state index contributed by atoms with van der Waals surface area (Å²) in [5, 5.41) is 7.78. The molecule has 0 bridgehead atoms. The molecule has 1 aromatic heterocycles. The third-order valence-corrected chi connectivity index (χ3v) is 4.28. The lowest BCUT2D eigenvalue weighted by atomic mass is 10.2. The Hall–Kier alpha value is -2.25. The van der Waals surface area contributed by atoms with Crippen LogP contribution in [0.25, 0.3) is 11.4 Å². The van der Waals surface area contributed by atoms with Gasteiger partial charge in [-0.1, -0.05) is 32.7 Å². The molecule has 0 atom stereocenters. The third kappa shape index (κ3) is 4.05. The molecule has 0 amide bonds. The Labute approximate surface area is 158 Å². The van der Waals surface area contributed by atoms with Crippen LogP contribution in [0.2, 0.25) is 5.02 Å². The average Bonchev–Trinajstić information content (AvgIpc) is 3.09. The van der Waals surface area contributed by atoms with E-state index in [0.717, 1.165) is 15.7 Å². The minimum absolute atomic E-state index is 0.354. The molecule has 0 saturated carbocycles. The van der Waals surface area contributed by atoms with Crippen molar-refractivity contribution in [2.45, 2.75) is 6.54 Å². The van der Waals surface area contributed by atoms with E-state index >= 15 is 0 Å². The Morgan fingerprint density at radius 3 is 2.72 bits per heavy atom. The number of benzene rings is 2. The molecule has 2 aromatic carbocycles. The monoisotopic (exact) mass is 423 g/mol. The van der Waals surface area contributed by atoms with Crippen LogP contribution in [-0.4, -0.2) is 24.4 Å². The molecule has 3 rings (SSSR count). The number of methoxy groups -OCH3 is 2. The molecule has 1 N–H and O–H groups in total. The van der Waals surface area contributed by atoms with Gasteiger partial charge in [-0.25, -0.2) is 0 Å². The standard InChI is InChI=1S/C17H15BrClN3O3/c1-23-11-4-5-12(15(8-11)24-2)17-21-16(25-22-17)9-20-14-6-3-10(18)7-13(14)19/h3-8,20H,9H2,1-2H3. The van der Waals surface area contributed by atoms with Gasteiger partial charge in [-0.3, -0.25) is 0 Å². The highest BCUT2D eigenvalue weighted by Gasteiger charge is 2.14. The maximum absolute atomic E-state index is 6.18. The molecule has 0 radical (unpaired) electrons. The summed E-state index contributed by atoms with van der Waals surface area (Å²) in [6.07, 6.45) is 0. The van der Waals surface area contributed by atoms with Crippen molar-refractivity contribution < 1.29 is 14.0 Å². The summed E-state index contributed by atoms with van der Waals surface area (Å²) in [7, 11) is 3.18. The van der Waals surface area contributed by atoms with Gasteiger partial charge in [0.1, 0.15) is 11.5 Å². The van der Waals surface area contributed by atoms with Crippen LogP contribution in [0.5, 0.6) is 11.5 Å². The summed E-state index contributed by atoms with van der Waals surface area (Å²) in [5.74, 6) is 2.18. The first-order valence-electron chi connectivity index (χ1n) is 7.34. The van der Waals surface area contributed by atoms with Crippen molar-refractivity contribution in [3.63, 3.8) is 0 Å². The van der Waals surface area contributed by atoms with E-state index in [1.807, 2.05) is 30.3 Å². The lowest BCUT2D eigenvalue weighted by Crippen LogP contribution is -2.00. The van der Waals surface area contributed by atoms with Gasteiger partial charge in [0.2, 0.25) is 11.7 Å². The van der Waals surface area contributed by atoms with Crippen molar-refractivity contribution in [1.82, 2.24) is 10.1 Å². The van der Waals surface area contributed by atoms with Gasteiger partial charge in [-0.2, -0.15) is 4.98 Å². The van der Waals surface area contributed by atoms with Crippen LogP contribution < -0.4 is 14.8 Å². The van der Waals surface area contributed by atoms with Crippen LogP contribution in [-0.2, 0) is 6.54 Å². The minimum atomic E-state index is 0.354. The Morgan fingerprint density at radius 1 is 1.16 bits per heavy atom. The van der Waals surface area contributed by atoms with Crippen LogP contribution in [0, 0.1) is 0 Å². The molecule has 1 heterocycles. The number of anilines is 1. The van der Waals surface area contributed by atoms with E-state index in [1.165, 1.54) is 0 Å². The number of rotatable bonds is 6. The van der Waals surface area contributed by atoms with E-state index in [0.29, 0.717) is 34.8 Å². The first kappa shape index (κ1) is 17.6. The van der Waals surface area contributed by atoms with Crippen molar-refractivity contribution in [3.05, 3.63) is 51.8 Å². The van der Waals surface area contributed by atoms with Gasteiger partial charge in [-0.05, 0) is 30.3 Å². The Morgan fingerprint density at radius 2 is 2.00 bits per heavy atom. The quantitative estimate of drug-likeness (QED) is 0.614. The summed E-state index contributed by atoms with van der Waals surface area (Å²) >= 11 is 9.55. The van der Waals surface area contributed by atoms with Crippen LogP contribution in [0.1, 0.15) is 5.89 Å². The summed E-state index contributed by atoms with van der Waals surface area (Å²) in [6, 6.07) is 11.0. The molecule has 0 aliphatic carbocycles. The first-order valence-corrected chi connectivity index (χ1v) is 8.51. The Balaban J connectivity index is 1.76. The van der Waals surface area contributed by atoms with Crippen LogP contribution in [0.3, 0.4) is 0 Å². The zero-order chi connectivity index (χ0) is 17.8. The van der Waals surface area contributed by atoms with E-state index in [-0.39, 0.29) is 0 Å². The number of hydrogen-bond acceptors (Lipinski definition) is 6. The lowest BCUT2D eigenvalue weighted by Gasteiger charge is -2.07. The van der Waals surface area contributed by atoms with Crippen LogP contribution in [0.4, 0.5) is 5.69 Å². The molecule has 25 heavy (non-hydrogen) atoms. The highest BCUT2D eigenvalue weighted by molar-refractivity contribution is 9.10. The number of hydrogen-bond donors (Lipinski definition) is 1. The van der Waals surface area contributed by atoms with Crippen LogP contribution in [0.15, 0.2) is 45.4 Å². The van der Waals surface area contributed by atoms with Crippen molar-refractivity contribution in [2.75, 3.05) is 19.5 Å². The summed E-state index contributed by atoms with van der Waals surface area (Å²) in [4.78, 5) is 4.39. The van der Waals surface area contributed by atoms with E-state index in [1.54, 1.807) is 20.3 Å². The zero-order valence-electron chi connectivity index (χ0n) is 13.5. The third-order valence-electron chi connectivity index (χ3n) is 3.48. The fourth-order valence-electron chi connectivity index (χ4n) is 2.22. The average molecular weight is 425 g/mol. The number of aromatic nitrogens is 2. The number of nitrogens with zero attached hydrogens (tertiary/aromatic N) is 2. The molecule has 0 unspecified atom stereocenters. The van der Waals surface area contributed by atoms with E-state index in [2.05, 4.69) is 31.4 Å². The summed E-state index contributed by atoms with van der Waals surface area (Å²) in [6.45, 7) is 0.354. The van der Waals surface area contributed by atoms with E-state index < -0.39 is 0 Å². The highest BCUT2D eigenvalue weighted by Crippen LogP contribution is 2.32. The Bertz CT molecular complexity index is 885. The molecule has 0 spiro atoms. The largest absolute Gasteiger partial charge is 0.497 e. The van der Waals surface area contributed by atoms with Gasteiger partial charge in [0.05, 0.1) is 37.0 Å². The normalized spacial score (nSPS) is 10.6. The Kier molecular flexibility index (Phi) is 5.45.